The summed E-state index contributed by atoms with van der Waals surface area (Å²) in [6.07, 6.45) is 11.5. The molecule has 0 bridgehead atoms. The Hall–Kier alpha value is -6.59. The monoisotopic (exact) mass is 790 g/mol. The third kappa shape index (κ3) is 10.7. The minimum absolute atomic E-state index is 0.0209. The summed E-state index contributed by atoms with van der Waals surface area (Å²) in [5.74, 6) is -0.437. The number of benzene rings is 6. The highest BCUT2D eigenvalue weighted by Crippen LogP contribution is 2.34. The van der Waals surface area contributed by atoms with Gasteiger partial charge in [-0.3, -0.25) is 14.4 Å². The third-order valence-corrected chi connectivity index (χ3v) is 11.4. The molecule has 302 valence electrons. The van der Waals surface area contributed by atoms with E-state index in [0.29, 0.717) is 19.3 Å². The van der Waals surface area contributed by atoms with E-state index in [1.54, 1.807) is 4.90 Å². The van der Waals surface area contributed by atoms with E-state index < -0.39 is 11.3 Å². The smallest absolute Gasteiger partial charge is 0.237 e. The number of likely N-dealkylation sites (tertiary alicyclic amines) is 2. The summed E-state index contributed by atoms with van der Waals surface area (Å²) in [6, 6.07) is 58.2. The third-order valence-electron chi connectivity index (χ3n) is 11.4. The van der Waals surface area contributed by atoms with Gasteiger partial charge < -0.3 is 9.80 Å². The normalized spacial score (nSPS) is 17.9. The zero-order valence-corrected chi connectivity index (χ0v) is 34.9. The van der Waals surface area contributed by atoms with Crippen molar-refractivity contribution in [1.82, 2.24) is 9.80 Å². The molecule has 60 heavy (non-hydrogen) atoms. The second-order valence-electron chi connectivity index (χ2n) is 16.8. The molecule has 2 aliphatic heterocycles. The molecule has 1 unspecified atom stereocenters. The molecule has 0 saturated carbocycles. The Labute approximate surface area is 355 Å². The van der Waals surface area contributed by atoms with Crippen molar-refractivity contribution in [2.45, 2.75) is 65.0 Å². The van der Waals surface area contributed by atoms with Crippen molar-refractivity contribution in [2.75, 3.05) is 0 Å². The second-order valence-corrected chi connectivity index (χ2v) is 16.8. The summed E-state index contributed by atoms with van der Waals surface area (Å²) in [5.41, 5.74) is 8.84. The van der Waals surface area contributed by atoms with Crippen LogP contribution in [0.4, 0.5) is 0 Å². The van der Waals surface area contributed by atoms with Crippen LogP contribution < -0.4 is 0 Å². The zero-order chi connectivity index (χ0) is 41.9. The zero-order valence-electron chi connectivity index (χ0n) is 34.9. The molecule has 6 aromatic rings. The van der Waals surface area contributed by atoms with Crippen LogP contribution in [0.1, 0.15) is 62.3 Å². The van der Waals surface area contributed by atoms with Crippen LogP contribution in [-0.4, -0.2) is 39.5 Å². The first-order valence-electron chi connectivity index (χ1n) is 21.1. The van der Waals surface area contributed by atoms with Crippen LogP contribution in [0.2, 0.25) is 0 Å². The number of rotatable bonds is 11. The largest absolute Gasteiger partial charge is 0.316 e. The standard InChI is InChI=1S/C30H31NO2.C25H23NO/c1-30(2,3)28(32)27-21-26(31(29(27)33)19-18-22-10-6-4-7-11-22)20-23-14-16-25(17-15-23)24-12-8-5-9-13-24;27-25-16-15-24(26(25)18-17-20-7-3-1-4-8-20)19-21-11-13-23(14-12-21)22-9-5-2-6-10-22/h4-19,26-27H,20-21H2,1-3H3;1-14,17-18,24H,15-16,19H2/b19-18+;18-17+/t26-,27?;24-/m10/s1. The van der Waals surface area contributed by atoms with E-state index in [1.165, 1.54) is 27.8 Å². The van der Waals surface area contributed by atoms with Crippen LogP contribution >= 0.6 is 0 Å². The molecule has 2 amide bonds. The number of Topliss-reactive ketones (excluding diaryl/α,β-unsaturated/α-hetero) is 1. The van der Waals surface area contributed by atoms with E-state index in [9.17, 15) is 14.4 Å². The highest BCUT2D eigenvalue weighted by molar-refractivity contribution is 6.05. The lowest BCUT2D eigenvalue weighted by Crippen LogP contribution is -2.34. The fourth-order valence-corrected chi connectivity index (χ4v) is 8.07. The quantitative estimate of drug-likeness (QED) is 0.123. The molecular weight excluding hydrogens is 737 g/mol. The molecule has 0 spiro atoms. The molecule has 2 heterocycles. The fourth-order valence-electron chi connectivity index (χ4n) is 8.07. The van der Waals surface area contributed by atoms with Gasteiger partial charge in [0.1, 0.15) is 0 Å². The number of carbonyl (C=O) groups excluding carboxylic acids is 3. The lowest BCUT2D eigenvalue weighted by molar-refractivity contribution is -0.139. The van der Waals surface area contributed by atoms with Crippen molar-refractivity contribution in [1.29, 1.82) is 0 Å². The number of carbonyl (C=O) groups is 3. The summed E-state index contributed by atoms with van der Waals surface area (Å²) in [7, 11) is 0. The average Bonchev–Trinajstić information content (AvgIpc) is 3.79. The van der Waals surface area contributed by atoms with Gasteiger partial charge in [0.25, 0.3) is 0 Å². The van der Waals surface area contributed by atoms with E-state index >= 15 is 0 Å². The lowest BCUT2D eigenvalue weighted by Gasteiger charge is -2.21. The van der Waals surface area contributed by atoms with E-state index in [2.05, 4.69) is 84.9 Å². The summed E-state index contributed by atoms with van der Waals surface area (Å²) >= 11 is 0. The first-order chi connectivity index (χ1) is 29.1. The molecule has 2 saturated heterocycles. The second kappa shape index (κ2) is 19.4. The van der Waals surface area contributed by atoms with Crippen LogP contribution in [0.3, 0.4) is 0 Å². The van der Waals surface area contributed by atoms with Gasteiger partial charge >= 0.3 is 0 Å². The highest BCUT2D eigenvalue weighted by atomic mass is 16.2. The number of ketones is 1. The molecule has 0 radical (unpaired) electrons. The molecule has 2 aliphatic rings. The van der Waals surface area contributed by atoms with Gasteiger partial charge in [0.05, 0.1) is 5.92 Å². The Morgan fingerprint density at radius 1 is 0.533 bits per heavy atom. The van der Waals surface area contributed by atoms with Gasteiger partial charge in [-0.1, -0.05) is 191 Å². The van der Waals surface area contributed by atoms with Crippen molar-refractivity contribution in [3.63, 3.8) is 0 Å². The van der Waals surface area contributed by atoms with Crippen LogP contribution in [0.25, 0.3) is 34.4 Å². The number of amides is 2. The number of nitrogens with zero attached hydrogens (tertiary/aromatic N) is 2. The SMILES string of the molecule is CC(C)(C)C(=O)C1C[C@@H](Cc2ccc(-c3ccccc3)cc2)N(/C=C/c2ccccc2)C1=O.O=C1CC[C@@H](Cc2ccc(-c3ccccc3)cc2)N1/C=C/c1ccccc1. The maximum absolute atomic E-state index is 13.3. The van der Waals surface area contributed by atoms with Crippen molar-refractivity contribution >= 4 is 29.7 Å². The highest BCUT2D eigenvalue weighted by Gasteiger charge is 2.45. The summed E-state index contributed by atoms with van der Waals surface area (Å²) in [6.45, 7) is 5.67. The van der Waals surface area contributed by atoms with E-state index in [4.69, 9.17) is 0 Å². The Morgan fingerprint density at radius 3 is 1.38 bits per heavy atom. The lowest BCUT2D eigenvalue weighted by atomic mass is 9.81. The maximum atomic E-state index is 13.3. The van der Waals surface area contributed by atoms with Crippen molar-refractivity contribution in [3.05, 3.63) is 205 Å². The number of hydrogen-bond donors (Lipinski definition) is 0. The molecule has 0 N–H and O–H groups in total. The Balaban J connectivity index is 0.000000185. The molecule has 5 heteroatoms. The summed E-state index contributed by atoms with van der Waals surface area (Å²) in [5, 5.41) is 0. The molecule has 0 aliphatic carbocycles. The van der Waals surface area contributed by atoms with Gasteiger partial charge in [-0.05, 0) is 82.3 Å². The van der Waals surface area contributed by atoms with Crippen molar-refractivity contribution < 1.29 is 14.4 Å². The molecule has 2 fully saturated rings. The first-order valence-corrected chi connectivity index (χ1v) is 21.1. The fraction of sp³-hybridized carbons (Fsp3) is 0.218. The van der Waals surface area contributed by atoms with Gasteiger partial charge in [0.2, 0.25) is 11.8 Å². The molecule has 5 nitrogen and oxygen atoms in total. The Kier molecular flexibility index (Phi) is 13.5. The Morgan fingerprint density at radius 2 is 0.933 bits per heavy atom. The van der Waals surface area contributed by atoms with Crippen LogP contribution in [0.5, 0.6) is 0 Å². The van der Waals surface area contributed by atoms with E-state index in [1.807, 2.05) is 135 Å². The predicted octanol–water partition coefficient (Wildman–Crippen LogP) is 12.0. The van der Waals surface area contributed by atoms with E-state index in [-0.39, 0.29) is 29.7 Å². The van der Waals surface area contributed by atoms with Crippen molar-refractivity contribution in [3.8, 4) is 22.3 Å². The molecule has 0 aromatic heterocycles. The van der Waals surface area contributed by atoms with Gasteiger partial charge in [-0.2, -0.15) is 0 Å². The van der Waals surface area contributed by atoms with Crippen LogP contribution in [0.15, 0.2) is 182 Å². The molecule has 6 aromatic carbocycles. The van der Waals surface area contributed by atoms with Gasteiger partial charge in [-0.25, -0.2) is 0 Å². The van der Waals surface area contributed by atoms with Gasteiger partial charge in [-0.15, -0.1) is 0 Å². The summed E-state index contributed by atoms with van der Waals surface area (Å²) < 4.78 is 0. The minimum atomic E-state index is -0.584. The van der Waals surface area contributed by atoms with Crippen LogP contribution in [-0.2, 0) is 27.2 Å². The van der Waals surface area contributed by atoms with Gasteiger partial charge in [0.15, 0.2) is 5.78 Å². The van der Waals surface area contributed by atoms with Gasteiger partial charge in [0, 0.05) is 36.3 Å². The first kappa shape index (κ1) is 41.6. The van der Waals surface area contributed by atoms with Crippen LogP contribution in [0, 0.1) is 11.3 Å². The maximum Gasteiger partial charge on any atom is 0.237 e. The van der Waals surface area contributed by atoms with Crippen molar-refractivity contribution in [2.24, 2.45) is 11.3 Å². The number of hydrogen-bond acceptors (Lipinski definition) is 3. The minimum Gasteiger partial charge on any atom is -0.316 e. The summed E-state index contributed by atoms with van der Waals surface area (Å²) in [4.78, 5) is 42.3. The molecular formula is C55H54N2O3. The average molecular weight is 791 g/mol. The molecule has 8 rings (SSSR count). The molecule has 3 atom stereocenters. The Bertz CT molecular complexity index is 2380. The predicted molar refractivity (Wildman–Crippen MR) is 245 cm³/mol. The topological polar surface area (TPSA) is 57.7 Å². The van der Waals surface area contributed by atoms with E-state index in [0.717, 1.165) is 29.5 Å².